The van der Waals surface area contributed by atoms with Gasteiger partial charge in [0.15, 0.2) is 5.82 Å². The molecule has 0 spiro atoms. The van der Waals surface area contributed by atoms with Crippen molar-refractivity contribution in [3.05, 3.63) is 70.0 Å². The minimum absolute atomic E-state index is 0.0901. The summed E-state index contributed by atoms with van der Waals surface area (Å²) >= 11 is 0. The number of fused-ring (bicyclic) bond motifs is 1. The third kappa shape index (κ3) is 4.34. The van der Waals surface area contributed by atoms with Crippen LogP contribution in [-0.4, -0.2) is 48.5 Å². The molecule has 0 atom stereocenters. The van der Waals surface area contributed by atoms with Gasteiger partial charge in [-0.1, -0.05) is 12.1 Å². The van der Waals surface area contributed by atoms with Crippen LogP contribution < -0.4 is 16.2 Å². The fourth-order valence-electron chi connectivity index (χ4n) is 3.30. The average Bonchev–Trinajstić information content (AvgIpc) is 3.06. The summed E-state index contributed by atoms with van der Waals surface area (Å²) in [6, 6.07) is 10.7. The maximum absolute atomic E-state index is 12.5. The second-order valence-corrected chi connectivity index (χ2v) is 7.46. The van der Waals surface area contributed by atoms with Gasteiger partial charge >= 0.3 is 0 Å². The molecule has 0 radical (unpaired) electrons. The average molecular weight is 432 g/mol. The molecule has 164 valence electrons. The van der Waals surface area contributed by atoms with Gasteiger partial charge in [0.05, 0.1) is 22.9 Å². The van der Waals surface area contributed by atoms with Crippen molar-refractivity contribution in [2.45, 2.75) is 27.3 Å². The Morgan fingerprint density at radius 1 is 1.03 bits per heavy atom. The predicted octanol–water partition coefficient (Wildman–Crippen LogP) is 1.53. The molecule has 0 aliphatic rings. The maximum atomic E-state index is 12.5. The predicted molar refractivity (Wildman–Crippen MR) is 121 cm³/mol. The van der Waals surface area contributed by atoms with E-state index in [1.165, 1.54) is 10.9 Å². The summed E-state index contributed by atoms with van der Waals surface area (Å²) in [6.45, 7) is 6.72. The number of nitrogens with one attached hydrogen (secondary N) is 2. The zero-order valence-electron chi connectivity index (χ0n) is 18.2. The summed E-state index contributed by atoms with van der Waals surface area (Å²) in [6.07, 6.45) is 1.39. The molecule has 0 aliphatic carbocycles. The van der Waals surface area contributed by atoms with E-state index < -0.39 is 0 Å². The molecule has 1 amide bonds. The van der Waals surface area contributed by atoms with Gasteiger partial charge in [-0.25, -0.2) is 9.67 Å². The van der Waals surface area contributed by atoms with E-state index in [1.54, 1.807) is 22.9 Å². The first-order valence-electron chi connectivity index (χ1n) is 10.3. The lowest BCUT2D eigenvalue weighted by Gasteiger charge is -2.09. The van der Waals surface area contributed by atoms with Gasteiger partial charge in [0.25, 0.3) is 5.56 Å². The Kier molecular flexibility index (Phi) is 5.93. The molecule has 0 saturated carbocycles. The summed E-state index contributed by atoms with van der Waals surface area (Å²) in [5.41, 5.74) is 3.49. The SMILES string of the molecule is Cc1nn(-c2ccc(NCCNC(=O)Cn3cnc4ccccc4c3=O)nn2)c(C)c1C. The van der Waals surface area contributed by atoms with Crippen molar-refractivity contribution in [1.29, 1.82) is 0 Å². The molecule has 0 unspecified atom stereocenters. The van der Waals surface area contributed by atoms with Crippen molar-refractivity contribution in [3.8, 4) is 5.82 Å². The molecule has 0 aliphatic heterocycles. The third-order valence-corrected chi connectivity index (χ3v) is 5.32. The normalized spacial score (nSPS) is 11.0. The first kappa shape index (κ1) is 21.2. The number of rotatable bonds is 7. The standard InChI is InChI=1S/C22H24N8O2/c1-14-15(2)28-30(16(14)3)20-9-8-19(26-27-20)23-10-11-24-21(31)12-29-13-25-18-7-5-4-6-17(18)22(29)32/h4-9,13H,10-12H2,1-3H3,(H,23,26)(H,24,31). The number of para-hydroxylation sites is 1. The molecule has 0 saturated heterocycles. The van der Waals surface area contributed by atoms with E-state index in [0.29, 0.717) is 35.6 Å². The number of benzene rings is 1. The largest absolute Gasteiger partial charge is 0.367 e. The molecule has 3 aromatic heterocycles. The second-order valence-electron chi connectivity index (χ2n) is 7.46. The van der Waals surface area contributed by atoms with Gasteiger partial charge in [0.2, 0.25) is 5.91 Å². The lowest BCUT2D eigenvalue weighted by molar-refractivity contribution is -0.121. The van der Waals surface area contributed by atoms with E-state index in [9.17, 15) is 9.59 Å². The summed E-state index contributed by atoms with van der Waals surface area (Å²) in [4.78, 5) is 28.9. The fourth-order valence-corrected chi connectivity index (χ4v) is 3.30. The highest BCUT2D eigenvalue weighted by Gasteiger charge is 2.11. The maximum Gasteiger partial charge on any atom is 0.261 e. The number of nitrogens with zero attached hydrogens (tertiary/aromatic N) is 6. The van der Waals surface area contributed by atoms with Crippen LogP contribution in [0.25, 0.3) is 16.7 Å². The number of hydrogen-bond donors (Lipinski definition) is 2. The van der Waals surface area contributed by atoms with Crippen molar-refractivity contribution < 1.29 is 4.79 Å². The van der Waals surface area contributed by atoms with Crippen molar-refractivity contribution in [2.75, 3.05) is 18.4 Å². The number of carbonyl (C=O) groups is 1. The Balaban J connectivity index is 1.28. The minimum Gasteiger partial charge on any atom is -0.367 e. The van der Waals surface area contributed by atoms with Crippen molar-refractivity contribution in [1.82, 2.24) is 34.8 Å². The van der Waals surface area contributed by atoms with E-state index in [4.69, 9.17) is 0 Å². The van der Waals surface area contributed by atoms with Crippen molar-refractivity contribution >= 4 is 22.6 Å². The number of aromatic nitrogens is 6. The van der Waals surface area contributed by atoms with Crippen LogP contribution in [0.4, 0.5) is 5.82 Å². The molecule has 0 fully saturated rings. The van der Waals surface area contributed by atoms with E-state index in [0.717, 1.165) is 17.0 Å². The molecular formula is C22H24N8O2. The van der Waals surface area contributed by atoms with E-state index in [2.05, 4.69) is 30.9 Å². The van der Waals surface area contributed by atoms with E-state index in [1.807, 2.05) is 39.0 Å². The van der Waals surface area contributed by atoms with Gasteiger partial charge in [-0.3, -0.25) is 14.2 Å². The number of carbonyl (C=O) groups excluding carboxylic acids is 1. The monoisotopic (exact) mass is 432 g/mol. The highest BCUT2D eigenvalue weighted by Crippen LogP contribution is 2.15. The molecule has 32 heavy (non-hydrogen) atoms. The summed E-state index contributed by atoms with van der Waals surface area (Å²) in [5, 5.41) is 19.3. The molecule has 2 N–H and O–H groups in total. The Morgan fingerprint density at radius 3 is 2.56 bits per heavy atom. The second kappa shape index (κ2) is 8.96. The fraction of sp³-hybridized carbons (Fsp3) is 0.273. The summed E-state index contributed by atoms with van der Waals surface area (Å²) in [5.74, 6) is 0.968. The van der Waals surface area contributed by atoms with Crippen LogP contribution in [0.3, 0.4) is 0 Å². The van der Waals surface area contributed by atoms with Crippen LogP contribution >= 0.6 is 0 Å². The van der Waals surface area contributed by atoms with Crippen LogP contribution in [0.5, 0.6) is 0 Å². The van der Waals surface area contributed by atoms with Gasteiger partial charge in [0.1, 0.15) is 12.4 Å². The first-order chi connectivity index (χ1) is 15.4. The Hall–Kier alpha value is -4.08. The van der Waals surface area contributed by atoms with Crippen LogP contribution in [0.15, 0.2) is 47.5 Å². The number of hydrogen-bond acceptors (Lipinski definition) is 7. The van der Waals surface area contributed by atoms with Crippen molar-refractivity contribution in [3.63, 3.8) is 0 Å². The first-order valence-corrected chi connectivity index (χ1v) is 10.3. The molecule has 10 nitrogen and oxygen atoms in total. The third-order valence-electron chi connectivity index (χ3n) is 5.32. The minimum atomic E-state index is -0.271. The number of amides is 1. The van der Waals surface area contributed by atoms with Crippen LogP contribution in [0.1, 0.15) is 17.0 Å². The summed E-state index contributed by atoms with van der Waals surface area (Å²) in [7, 11) is 0. The number of aryl methyl sites for hydroxylation is 1. The lowest BCUT2D eigenvalue weighted by atomic mass is 10.2. The van der Waals surface area contributed by atoms with Gasteiger partial charge in [0, 0.05) is 18.8 Å². The van der Waals surface area contributed by atoms with Crippen molar-refractivity contribution in [2.24, 2.45) is 0 Å². The molecule has 10 heteroatoms. The van der Waals surface area contributed by atoms with Crippen LogP contribution in [0.2, 0.25) is 0 Å². The highest BCUT2D eigenvalue weighted by atomic mass is 16.2. The molecule has 4 rings (SSSR count). The highest BCUT2D eigenvalue weighted by molar-refractivity contribution is 5.78. The molecule has 1 aromatic carbocycles. The topological polar surface area (TPSA) is 120 Å². The quantitative estimate of drug-likeness (QED) is 0.425. The molecule has 3 heterocycles. The Labute approximate surface area is 184 Å². The van der Waals surface area contributed by atoms with Gasteiger partial charge in [-0.05, 0) is 50.6 Å². The molecule has 0 bridgehead atoms. The Morgan fingerprint density at radius 2 is 1.84 bits per heavy atom. The molecule has 4 aromatic rings. The Bertz CT molecular complexity index is 1320. The molecular weight excluding hydrogens is 408 g/mol. The van der Waals surface area contributed by atoms with Gasteiger partial charge in [-0.15, -0.1) is 10.2 Å². The van der Waals surface area contributed by atoms with E-state index in [-0.39, 0.29) is 18.0 Å². The number of anilines is 1. The lowest BCUT2D eigenvalue weighted by Crippen LogP contribution is -2.35. The summed E-state index contributed by atoms with van der Waals surface area (Å²) < 4.78 is 3.07. The zero-order chi connectivity index (χ0) is 22.7. The van der Waals surface area contributed by atoms with E-state index >= 15 is 0 Å². The van der Waals surface area contributed by atoms with Crippen LogP contribution in [0, 0.1) is 20.8 Å². The smallest absolute Gasteiger partial charge is 0.261 e. The zero-order valence-corrected chi connectivity index (χ0v) is 18.2. The van der Waals surface area contributed by atoms with Gasteiger partial charge < -0.3 is 10.6 Å². The van der Waals surface area contributed by atoms with Gasteiger partial charge in [-0.2, -0.15) is 5.10 Å². The van der Waals surface area contributed by atoms with Crippen LogP contribution in [-0.2, 0) is 11.3 Å².